The minimum Gasteiger partial charge on any atom is -0.335 e. The Balaban J connectivity index is 1.69. The number of H-pyrrole nitrogens is 1. The predicted octanol–water partition coefficient (Wildman–Crippen LogP) is 1.67. The number of nitrogens with zero attached hydrogens (tertiary/aromatic N) is 3. The van der Waals surface area contributed by atoms with Crippen LogP contribution in [0.4, 0.5) is 5.13 Å². The Morgan fingerprint density at radius 2 is 2.30 bits per heavy atom. The van der Waals surface area contributed by atoms with Gasteiger partial charge in [-0.05, 0) is 28.8 Å². The van der Waals surface area contributed by atoms with Gasteiger partial charge in [0.1, 0.15) is 0 Å². The smallest absolute Gasteiger partial charge is 0.260 e. The summed E-state index contributed by atoms with van der Waals surface area (Å²) in [5.41, 5.74) is 0. The zero-order chi connectivity index (χ0) is 16.4. The molecule has 0 bridgehead atoms. The first kappa shape index (κ1) is 16.6. The topological polar surface area (TPSA) is 108 Å². The second kappa shape index (κ2) is 6.67. The molecule has 0 aliphatic carbocycles. The minimum absolute atomic E-state index is 0.0439. The number of carbonyl (C=O) groups excluding carboxylic acids is 1. The van der Waals surface area contributed by atoms with Gasteiger partial charge in [-0.1, -0.05) is 11.3 Å². The van der Waals surface area contributed by atoms with Crippen LogP contribution in [-0.4, -0.2) is 46.7 Å². The molecule has 3 heterocycles. The highest BCUT2D eigenvalue weighted by molar-refractivity contribution is 9.11. The molecule has 1 aliphatic heterocycles. The third-order valence-corrected chi connectivity index (χ3v) is 6.74. The molecule has 11 heteroatoms. The van der Waals surface area contributed by atoms with Crippen LogP contribution in [-0.2, 0) is 14.8 Å². The van der Waals surface area contributed by atoms with Gasteiger partial charge in [-0.2, -0.15) is 4.31 Å². The largest absolute Gasteiger partial charge is 0.335 e. The maximum atomic E-state index is 12.5. The number of nitrogens with one attached hydrogen (secondary N) is 2. The van der Waals surface area contributed by atoms with Gasteiger partial charge < -0.3 is 10.3 Å². The molecule has 0 radical (unpaired) electrons. The van der Waals surface area contributed by atoms with E-state index in [2.05, 4.69) is 36.2 Å². The first-order valence-corrected chi connectivity index (χ1v) is 9.92. The maximum absolute atomic E-state index is 12.5. The number of rotatable bonds is 4. The van der Waals surface area contributed by atoms with Crippen LogP contribution in [0.15, 0.2) is 27.5 Å². The summed E-state index contributed by atoms with van der Waals surface area (Å²) in [6.45, 7) is 0.549. The summed E-state index contributed by atoms with van der Waals surface area (Å²) in [6, 6.07) is 0. The van der Waals surface area contributed by atoms with Crippen LogP contribution in [0.2, 0.25) is 0 Å². The number of carbonyl (C=O) groups is 1. The first-order valence-electron chi connectivity index (χ1n) is 6.87. The number of halogens is 1. The number of sulfonamides is 1. The number of hydrogen-bond acceptors (Lipinski definition) is 6. The van der Waals surface area contributed by atoms with E-state index in [1.165, 1.54) is 28.2 Å². The van der Waals surface area contributed by atoms with Crippen molar-refractivity contribution in [2.24, 2.45) is 5.92 Å². The molecule has 2 aromatic rings. The van der Waals surface area contributed by atoms with E-state index in [1.54, 1.807) is 6.20 Å². The van der Waals surface area contributed by atoms with Crippen molar-refractivity contribution >= 4 is 48.3 Å². The molecule has 2 N–H and O–H groups in total. The van der Waals surface area contributed by atoms with Crippen LogP contribution in [0.5, 0.6) is 0 Å². The van der Waals surface area contributed by atoms with Crippen molar-refractivity contribution in [1.29, 1.82) is 0 Å². The molecule has 23 heavy (non-hydrogen) atoms. The maximum Gasteiger partial charge on any atom is 0.260 e. The van der Waals surface area contributed by atoms with Gasteiger partial charge in [-0.3, -0.25) is 4.79 Å². The highest BCUT2D eigenvalue weighted by atomic mass is 79.9. The molecule has 2 aromatic heterocycles. The zero-order valence-corrected chi connectivity index (χ0v) is 15.1. The van der Waals surface area contributed by atoms with Gasteiger partial charge in [0.25, 0.3) is 10.0 Å². The quantitative estimate of drug-likeness (QED) is 0.783. The molecular weight excluding hydrogens is 406 g/mol. The standard InChI is InChI=1S/C12H14BrN5O3S2/c13-9-4-15-12(22-9)17-11(19)8-2-1-3-18(6-8)23(20,21)10-5-14-7-16-10/h4-5,7-8H,1-3,6H2,(H,14,16)(H,15,17,19). The van der Waals surface area contributed by atoms with Crippen molar-refractivity contribution in [3.05, 3.63) is 22.5 Å². The molecule has 1 atom stereocenters. The number of aromatic amines is 1. The zero-order valence-electron chi connectivity index (χ0n) is 11.9. The summed E-state index contributed by atoms with van der Waals surface area (Å²) in [7, 11) is -3.64. The summed E-state index contributed by atoms with van der Waals surface area (Å²) >= 11 is 4.60. The van der Waals surface area contributed by atoms with Crippen LogP contribution in [0.1, 0.15) is 12.8 Å². The summed E-state index contributed by atoms with van der Waals surface area (Å²) in [5, 5.41) is 3.28. The fourth-order valence-electron chi connectivity index (χ4n) is 2.42. The number of imidazole rings is 1. The first-order chi connectivity index (χ1) is 11.0. The van der Waals surface area contributed by atoms with E-state index < -0.39 is 15.9 Å². The average molecular weight is 420 g/mol. The fraction of sp³-hybridized carbons (Fsp3) is 0.417. The molecule has 1 unspecified atom stereocenters. The normalized spacial score (nSPS) is 19.6. The van der Waals surface area contributed by atoms with E-state index in [0.29, 0.717) is 24.5 Å². The van der Waals surface area contributed by atoms with Crippen LogP contribution in [0.3, 0.4) is 0 Å². The Morgan fingerprint density at radius 3 is 2.96 bits per heavy atom. The van der Waals surface area contributed by atoms with Crippen LogP contribution in [0.25, 0.3) is 0 Å². The lowest BCUT2D eigenvalue weighted by Gasteiger charge is -2.30. The lowest BCUT2D eigenvalue weighted by Crippen LogP contribution is -2.43. The van der Waals surface area contributed by atoms with Crippen molar-refractivity contribution in [3.63, 3.8) is 0 Å². The molecule has 1 aliphatic rings. The number of aromatic nitrogens is 3. The van der Waals surface area contributed by atoms with E-state index >= 15 is 0 Å². The molecule has 1 amide bonds. The molecule has 124 valence electrons. The van der Waals surface area contributed by atoms with Crippen molar-refractivity contribution in [3.8, 4) is 0 Å². The van der Waals surface area contributed by atoms with E-state index in [1.807, 2.05) is 0 Å². The summed E-state index contributed by atoms with van der Waals surface area (Å²) < 4.78 is 27.1. The lowest BCUT2D eigenvalue weighted by molar-refractivity contribution is -0.120. The highest BCUT2D eigenvalue weighted by Crippen LogP contribution is 2.26. The molecule has 1 saturated heterocycles. The molecule has 3 rings (SSSR count). The van der Waals surface area contributed by atoms with Crippen molar-refractivity contribution in [2.45, 2.75) is 17.9 Å². The Bertz CT molecular complexity index is 789. The summed E-state index contributed by atoms with van der Waals surface area (Å²) in [4.78, 5) is 22.7. The van der Waals surface area contributed by atoms with Gasteiger partial charge in [0.2, 0.25) is 5.91 Å². The van der Waals surface area contributed by atoms with Crippen molar-refractivity contribution < 1.29 is 13.2 Å². The molecule has 1 fully saturated rings. The van der Waals surface area contributed by atoms with E-state index in [0.717, 1.165) is 3.79 Å². The Hall–Kier alpha value is -1.30. The Kier molecular flexibility index (Phi) is 4.80. The van der Waals surface area contributed by atoms with Gasteiger partial charge >= 0.3 is 0 Å². The lowest BCUT2D eigenvalue weighted by atomic mass is 9.99. The molecule has 0 saturated carbocycles. The Labute approximate surface area is 145 Å². The van der Waals surface area contributed by atoms with Crippen LogP contribution < -0.4 is 5.32 Å². The van der Waals surface area contributed by atoms with Gasteiger partial charge in [-0.15, -0.1) is 0 Å². The fourth-order valence-corrected chi connectivity index (χ4v) is 4.95. The van der Waals surface area contributed by atoms with Crippen molar-refractivity contribution in [1.82, 2.24) is 19.3 Å². The number of anilines is 1. The van der Waals surface area contributed by atoms with Gasteiger partial charge in [0.05, 0.1) is 28.4 Å². The average Bonchev–Trinajstić information content (AvgIpc) is 3.19. The summed E-state index contributed by atoms with van der Waals surface area (Å²) in [6.07, 6.45) is 5.48. The highest BCUT2D eigenvalue weighted by Gasteiger charge is 2.34. The van der Waals surface area contributed by atoms with Crippen LogP contribution >= 0.6 is 27.3 Å². The van der Waals surface area contributed by atoms with Crippen LogP contribution in [0, 0.1) is 5.92 Å². The van der Waals surface area contributed by atoms with Gasteiger partial charge in [-0.25, -0.2) is 18.4 Å². The second-order valence-corrected chi connectivity index (χ2v) is 9.39. The third kappa shape index (κ3) is 3.62. The van der Waals surface area contributed by atoms with Gasteiger partial charge in [0.15, 0.2) is 10.2 Å². The van der Waals surface area contributed by atoms with E-state index in [9.17, 15) is 13.2 Å². The number of hydrogen-bond donors (Lipinski definition) is 2. The number of thiazole rings is 1. The molecular formula is C12H14BrN5O3S2. The SMILES string of the molecule is O=C(Nc1ncc(Br)s1)C1CCCN(S(=O)(=O)c2cnc[nH]2)C1. The number of piperidine rings is 1. The molecule has 8 nitrogen and oxygen atoms in total. The monoisotopic (exact) mass is 419 g/mol. The Morgan fingerprint density at radius 1 is 1.48 bits per heavy atom. The molecule has 0 spiro atoms. The predicted molar refractivity (Wildman–Crippen MR) is 88.5 cm³/mol. The number of amides is 1. The minimum atomic E-state index is -3.64. The van der Waals surface area contributed by atoms with Crippen molar-refractivity contribution in [2.75, 3.05) is 18.4 Å². The third-order valence-electron chi connectivity index (χ3n) is 3.55. The summed E-state index contributed by atoms with van der Waals surface area (Å²) in [5.74, 6) is -0.611. The van der Waals surface area contributed by atoms with Gasteiger partial charge in [0, 0.05) is 13.1 Å². The van der Waals surface area contributed by atoms with E-state index in [-0.39, 0.29) is 17.5 Å². The second-order valence-electron chi connectivity index (χ2n) is 5.08. The molecule has 0 aromatic carbocycles. The van der Waals surface area contributed by atoms with E-state index in [4.69, 9.17) is 0 Å².